The summed E-state index contributed by atoms with van der Waals surface area (Å²) in [7, 11) is 0. The van der Waals surface area contributed by atoms with E-state index in [4.69, 9.17) is 11.6 Å². The van der Waals surface area contributed by atoms with Gasteiger partial charge in [-0.15, -0.1) is 0 Å². The van der Waals surface area contributed by atoms with E-state index in [9.17, 15) is 5.11 Å². The molecular weight excluding hydrogens is 314 g/mol. The lowest BCUT2D eigenvalue weighted by atomic mass is 10.2. The molecule has 1 aliphatic rings. The Morgan fingerprint density at radius 2 is 2.04 bits per heavy atom. The Labute approximate surface area is 139 Å². The number of aromatic nitrogens is 4. The number of hydrogen-bond donors (Lipinski definition) is 3. The summed E-state index contributed by atoms with van der Waals surface area (Å²) in [4.78, 5) is 8.68. The van der Waals surface area contributed by atoms with Crippen LogP contribution in [0.15, 0.2) is 36.5 Å². The zero-order chi connectivity index (χ0) is 15.8. The number of aromatic amines is 1. The molecule has 23 heavy (non-hydrogen) atoms. The number of anilines is 2. The second kappa shape index (κ2) is 5.55. The highest BCUT2D eigenvalue weighted by Gasteiger charge is 2.25. The molecular formula is C16H16ClN5O. The van der Waals surface area contributed by atoms with Crippen LogP contribution in [0.25, 0.3) is 11.4 Å². The maximum atomic E-state index is 9.36. The van der Waals surface area contributed by atoms with Gasteiger partial charge in [0, 0.05) is 24.7 Å². The number of benzene rings is 1. The molecule has 1 aliphatic carbocycles. The first-order chi connectivity index (χ1) is 11.2. The summed E-state index contributed by atoms with van der Waals surface area (Å²) in [5, 5.41) is 20.2. The Hall–Kier alpha value is -2.60. The van der Waals surface area contributed by atoms with Crippen LogP contribution < -0.4 is 5.32 Å². The summed E-state index contributed by atoms with van der Waals surface area (Å²) in [5.41, 5.74) is 1.93. The summed E-state index contributed by atoms with van der Waals surface area (Å²) in [6.07, 6.45) is 3.97. The number of nitrogens with zero attached hydrogens (tertiary/aromatic N) is 3. The van der Waals surface area contributed by atoms with E-state index < -0.39 is 0 Å². The van der Waals surface area contributed by atoms with Gasteiger partial charge in [-0.3, -0.25) is 5.10 Å². The third-order valence-corrected chi connectivity index (χ3v) is 4.01. The lowest BCUT2D eigenvalue weighted by Crippen LogP contribution is -1.98. The fourth-order valence-electron chi connectivity index (χ4n) is 2.33. The van der Waals surface area contributed by atoms with Crippen LogP contribution >= 0.6 is 11.6 Å². The number of rotatable bonds is 4. The lowest BCUT2D eigenvalue weighted by molar-refractivity contribution is 0.475. The van der Waals surface area contributed by atoms with Gasteiger partial charge in [-0.05, 0) is 37.1 Å². The highest BCUT2D eigenvalue weighted by atomic mass is 35.5. The number of nitrogens with one attached hydrogen (secondary N) is 2. The molecule has 1 fully saturated rings. The highest BCUT2D eigenvalue weighted by Crippen LogP contribution is 2.39. The van der Waals surface area contributed by atoms with Crippen molar-refractivity contribution in [2.75, 3.05) is 5.32 Å². The topological polar surface area (TPSA) is 86.7 Å². The number of phenolic OH excluding ortho intramolecular Hbond substituents is 1. The second-order valence-electron chi connectivity index (χ2n) is 5.54. The normalized spacial score (nSPS) is 14.0. The Kier molecular flexibility index (Phi) is 3.38. The number of phenols is 1. The molecule has 0 atom stereocenters. The molecule has 0 aliphatic heterocycles. The zero-order valence-corrected chi connectivity index (χ0v) is 12.9. The molecule has 118 valence electrons. The first-order valence-corrected chi connectivity index (χ1v) is 7.71. The van der Waals surface area contributed by atoms with Crippen molar-refractivity contribution in [3.8, 4) is 17.1 Å². The molecule has 3 aromatic rings. The molecule has 0 radical (unpaired) electrons. The van der Waals surface area contributed by atoms with Crippen molar-refractivity contribution in [2.45, 2.75) is 18.8 Å². The van der Waals surface area contributed by atoms with Crippen LogP contribution in [0, 0.1) is 0 Å². The van der Waals surface area contributed by atoms with Crippen molar-refractivity contribution < 1.29 is 6.53 Å². The first kappa shape index (κ1) is 14.0. The maximum absolute atomic E-state index is 9.36. The zero-order valence-electron chi connectivity index (χ0n) is 12.1. The van der Waals surface area contributed by atoms with Crippen LogP contribution in [0.5, 0.6) is 5.75 Å². The minimum Gasteiger partial charge on any atom is -0.508 e. The van der Waals surface area contributed by atoms with E-state index in [-0.39, 0.29) is 7.18 Å². The summed E-state index contributed by atoms with van der Waals surface area (Å²) < 4.78 is 0. The van der Waals surface area contributed by atoms with E-state index in [0.717, 1.165) is 11.3 Å². The predicted octanol–water partition coefficient (Wildman–Crippen LogP) is 4.09. The molecule has 0 spiro atoms. The molecule has 1 aromatic carbocycles. The summed E-state index contributed by atoms with van der Waals surface area (Å²) in [6, 6.07) is 8.67. The molecule has 1 saturated carbocycles. The van der Waals surface area contributed by atoms with Gasteiger partial charge in [-0.2, -0.15) is 5.10 Å². The molecule has 6 nitrogen and oxygen atoms in total. The van der Waals surface area contributed by atoms with E-state index in [1.54, 1.807) is 30.5 Å². The van der Waals surface area contributed by atoms with E-state index in [1.165, 1.54) is 12.8 Å². The fraction of sp³-hybridized carbons (Fsp3) is 0.188. The largest absolute Gasteiger partial charge is 0.508 e. The van der Waals surface area contributed by atoms with Crippen molar-refractivity contribution in [1.29, 1.82) is 0 Å². The minimum absolute atomic E-state index is 0. The Morgan fingerprint density at radius 1 is 1.26 bits per heavy atom. The average molecular weight is 330 g/mol. The molecule has 0 amide bonds. The number of aromatic hydroxyl groups is 1. The lowest BCUT2D eigenvalue weighted by Gasteiger charge is -2.07. The number of H-pyrrole nitrogens is 1. The van der Waals surface area contributed by atoms with Crippen molar-refractivity contribution in [1.82, 2.24) is 20.2 Å². The van der Waals surface area contributed by atoms with E-state index in [1.807, 2.05) is 6.07 Å². The van der Waals surface area contributed by atoms with Crippen molar-refractivity contribution in [2.24, 2.45) is 0 Å². The van der Waals surface area contributed by atoms with Gasteiger partial charge >= 0.3 is 0 Å². The van der Waals surface area contributed by atoms with Crippen LogP contribution in [0.1, 0.15) is 25.9 Å². The van der Waals surface area contributed by atoms with E-state index >= 15 is 0 Å². The van der Waals surface area contributed by atoms with E-state index in [2.05, 4.69) is 25.5 Å². The van der Waals surface area contributed by atoms with Gasteiger partial charge in [0.2, 0.25) is 0 Å². The average Bonchev–Trinajstić information content (AvgIpc) is 3.30. The molecule has 3 N–H and O–H groups in total. The van der Waals surface area contributed by atoms with Crippen molar-refractivity contribution >= 4 is 23.2 Å². The Balaban J connectivity index is 0.00000169. The predicted molar refractivity (Wildman–Crippen MR) is 90.1 cm³/mol. The van der Waals surface area contributed by atoms with Gasteiger partial charge in [0.15, 0.2) is 17.5 Å². The SMILES string of the molecule is Oc1ccc(-c2ncc(Cl)c(Nc3cc(C4CC4)[nH]n3)n2)cc1.[HH]. The fourth-order valence-corrected chi connectivity index (χ4v) is 2.47. The monoisotopic (exact) mass is 329 g/mol. The summed E-state index contributed by atoms with van der Waals surface area (Å²) >= 11 is 6.18. The van der Waals surface area contributed by atoms with E-state index in [0.29, 0.717) is 28.4 Å². The first-order valence-electron chi connectivity index (χ1n) is 7.33. The van der Waals surface area contributed by atoms with Gasteiger partial charge in [-0.1, -0.05) is 11.6 Å². The van der Waals surface area contributed by atoms with Gasteiger partial charge in [-0.25, -0.2) is 9.97 Å². The van der Waals surface area contributed by atoms with Gasteiger partial charge in [0.05, 0.1) is 6.20 Å². The summed E-state index contributed by atoms with van der Waals surface area (Å²) in [6.45, 7) is 0. The second-order valence-corrected chi connectivity index (χ2v) is 5.95. The van der Waals surface area contributed by atoms with Crippen LogP contribution in [-0.4, -0.2) is 25.3 Å². The molecule has 4 rings (SSSR count). The number of hydrogen-bond acceptors (Lipinski definition) is 5. The van der Waals surface area contributed by atoms with Crippen molar-refractivity contribution in [3.63, 3.8) is 0 Å². The van der Waals surface area contributed by atoms with Gasteiger partial charge in [0.25, 0.3) is 0 Å². The maximum Gasteiger partial charge on any atom is 0.161 e. The molecule has 7 heteroatoms. The number of halogens is 1. The molecule has 0 bridgehead atoms. The molecule has 0 saturated heterocycles. The highest BCUT2D eigenvalue weighted by molar-refractivity contribution is 6.32. The van der Waals surface area contributed by atoms with Gasteiger partial charge < -0.3 is 10.4 Å². The van der Waals surface area contributed by atoms with Crippen molar-refractivity contribution in [3.05, 3.63) is 47.2 Å². The Bertz CT molecular complexity index is 848. The molecule has 0 unspecified atom stereocenters. The van der Waals surface area contributed by atoms with Crippen LogP contribution in [-0.2, 0) is 0 Å². The quantitative estimate of drug-likeness (QED) is 0.671. The molecule has 2 heterocycles. The third kappa shape index (κ3) is 2.98. The van der Waals surface area contributed by atoms with Crippen LogP contribution in [0.3, 0.4) is 0 Å². The summed E-state index contributed by atoms with van der Waals surface area (Å²) in [5.74, 6) is 2.51. The van der Waals surface area contributed by atoms with Crippen LogP contribution in [0.4, 0.5) is 11.6 Å². The standard InChI is InChI=1S/C16H14ClN5O.H2/c17-12-8-18-15(10-3-5-11(23)6-4-10)20-16(12)19-14-7-13(21-22-14)9-1-2-9;/h3-9,23H,1-2H2,(H2,18,19,20,21,22);1H. The molecule has 2 aromatic heterocycles. The van der Waals surface area contributed by atoms with Gasteiger partial charge in [0.1, 0.15) is 10.8 Å². The minimum atomic E-state index is 0. The third-order valence-electron chi connectivity index (χ3n) is 3.73. The van der Waals surface area contributed by atoms with Crippen LogP contribution in [0.2, 0.25) is 5.02 Å². The smallest absolute Gasteiger partial charge is 0.161 e. The Morgan fingerprint density at radius 3 is 2.78 bits per heavy atom.